The number of carbonyl (C=O) groups is 1. The molecule has 0 spiro atoms. The van der Waals surface area contributed by atoms with E-state index in [4.69, 9.17) is 9.47 Å². The quantitative estimate of drug-likeness (QED) is 0.497. The summed E-state index contributed by atoms with van der Waals surface area (Å²) in [5, 5.41) is 3.56. The number of amides is 1. The van der Waals surface area contributed by atoms with Gasteiger partial charge in [0.05, 0.1) is 25.3 Å². The third-order valence-electron chi connectivity index (χ3n) is 5.49. The minimum atomic E-state index is -0.356. The van der Waals surface area contributed by atoms with Crippen LogP contribution in [-0.2, 0) is 7.05 Å². The molecule has 0 radical (unpaired) electrons. The van der Waals surface area contributed by atoms with Crippen molar-refractivity contribution >= 4 is 22.6 Å². The first-order chi connectivity index (χ1) is 15.4. The number of pyridine rings is 1. The third kappa shape index (κ3) is 3.71. The standard InChI is InChI=1S/C26H24N2O4/c1-16-8-7-9-17(14-16)23-24(29)19-10-5-6-11-20(19)28(2)25(23)27-26(30)18-12-13-21(31-3)22(15-18)32-4/h5-15H,1-4H3,(H,27,30). The molecule has 6 heteroatoms. The highest BCUT2D eigenvalue weighted by atomic mass is 16.5. The fourth-order valence-electron chi connectivity index (χ4n) is 3.86. The molecule has 1 amide bonds. The van der Waals surface area contributed by atoms with Gasteiger partial charge >= 0.3 is 0 Å². The number of fused-ring (bicyclic) bond motifs is 1. The number of methoxy groups -OCH3 is 2. The van der Waals surface area contributed by atoms with Crippen LogP contribution in [0.5, 0.6) is 11.5 Å². The van der Waals surface area contributed by atoms with E-state index in [1.54, 1.807) is 24.3 Å². The lowest BCUT2D eigenvalue weighted by Gasteiger charge is -2.19. The van der Waals surface area contributed by atoms with Crippen LogP contribution < -0.4 is 20.2 Å². The van der Waals surface area contributed by atoms with Crippen molar-refractivity contribution in [2.45, 2.75) is 6.92 Å². The van der Waals surface area contributed by atoms with Crippen molar-refractivity contribution < 1.29 is 14.3 Å². The number of ether oxygens (including phenoxy) is 2. The van der Waals surface area contributed by atoms with Crippen LogP contribution >= 0.6 is 0 Å². The number of hydrogen-bond acceptors (Lipinski definition) is 4. The molecular weight excluding hydrogens is 404 g/mol. The fraction of sp³-hybridized carbons (Fsp3) is 0.154. The molecule has 32 heavy (non-hydrogen) atoms. The van der Waals surface area contributed by atoms with Gasteiger partial charge in [-0.25, -0.2) is 0 Å². The van der Waals surface area contributed by atoms with Gasteiger partial charge in [0, 0.05) is 18.0 Å². The van der Waals surface area contributed by atoms with Crippen molar-refractivity contribution in [3.63, 3.8) is 0 Å². The minimum absolute atomic E-state index is 0.132. The molecule has 0 atom stereocenters. The maximum atomic E-state index is 13.5. The lowest BCUT2D eigenvalue weighted by Crippen LogP contribution is -2.21. The van der Waals surface area contributed by atoms with Crippen LogP contribution in [0.15, 0.2) is 71.5 Å². The number of rotatable bonds is 5. The molecule has 1 heterocycles. The van der Waals surface area contributed by atoms with Crippen molar-refractivity contribution in [1.82, 2.24) is 4.57 Å². The molecule has 4 rings (SSSR count). The molecule has 1 N–H and O–H groups in total. The van der Waals surface area contributed by atoms with Crippen LogP contribution in [0.4, 0.5) is 5.82 Å². The third-order valence-corrected chi connectivity index (χ3v) is 5.49. The molecule has 3 aromatic carbocycles. The van der Waals surface area contributed by atoms with Gasteiger partial charge in [-0.15, -0.1) is 0 Å². The number of para-hydroxylation sites is 1. The van der Waals surface area contributed by atoms with Gasteiger partial charge < -0.3 is 19.4 Å². The van der Waals surface area contributed by atoms with Crippen LogP contribution in [0.25, 0.3) is 22.0 Å². The number of benzene rings is 3. The number of anilines is 1. The van der Waals surface area contributed by atoms with Crippen molar-refractivity contribution in [2.75, 3.05) is 19.5 Å². The summed E-state index contributed by atoms with van der Waals surface area (Å²) in [5.74, 6) is 1.05. The van der Waals surface area contributed by atoms with Gasteiger partial charge in [-0.3, -0.25) is 9.59 Å². The van der Waals surface area contributed by atoms with E-state index in [0.29, 0.717) is 33.8 Å². The average molecular weight is 428 g/mol. The average Bonchev–Trinajstić information content (AvgIpc) is 2.82. The van der Waals surface area contributed by atoms with Crippen LogP contribution in [0.1, 0.15) is 15.9 Å². The topological polar surface area (TPSA) is 69.6 Å². The number of carbonyl (C=O) groups excluding carboxylic acids is 1. The molecule has 1 aromatic heterocycles. The summed E-state index contributed by atoms with van der Waals surface area (Å²) < 4.78 is 12.4. The summed E-state index contributed by atoms with van der Waals surface area (Å²) in [6.45, 7) is 1.97. The molecule has 0 saturated heterocycles. The summed E-state index contributed by atoms with van der Waals surface area (Å²) in [6.07, 6.45) is 0. The smallest absolute Gasteiger partial charge is 0.256 e. The molecular formula is C26H24N2O4. The van der Waals surface area contributed by atoms with E-state index in [0.717, 1.165) is 16.6 Å². The SMILES string of the molecule is COc1ccc(C(=O)Nc2c(-c3cccc(C)c3)c(=O)c3ccccc3n2C)cc1OC. The molecule has 0 aliphatic rings. The van der Waals surface area contributed by atoms with Crippen molar-refractivity contribution in [2.24, 2.45) is 7.05 Å². The maximum absolute atomic E-state index is 13.5. The van der Waals surface area contributed by atoms with E-state index in [1.807, 2.05) is 61.0 Å². The Morgan fingerprint density at radius 3 is 2.38 bits per heavy atom. The van der Waals surface area contributed by atoms with E-state index < -0.39 is 0 Å². The van der Waals surface area contributed by atoms with Crippen LogP contribution in [0, 0.1) is 6.92 Å². The predicted molar refractivity (Wildman–Crippen MR) is 127 cm³/mol. The molecule has 0 aliphatic heterocycles. The van der Waals surface area contributed by atoms with Gasteiger partial charge in [-0.05, 0) is 42.8 Å². The Labute approximate surface area is 186 Å². The van der Waals surface area contributed by atoms with Crippen molar-refractivity contribution in [3.8, 4) is 22.6 Å². The Morgan fingerprint density at radius 2 is 1.66 bits per heavy atom. The van der Waals surface area contributed by atoms with Crippen LogP contribution in [0.3, 0.4) is 0 Å². The molecule has 0 saturated carbocycles. The molecule has 6 nitrogen and oxygen atoms in total. The Morgan fingerprint density at radius 1 is 0.906 bits per heavy atom. The zero-order chi connectivity index (χ0) is 22.8. The van der Waals surface area contributed by atoms with Gasteiger partial charge in [0.15, 0.2) is 16.9 Å². The maximum Gasteiger partial charge on any atom is 0.256 e. The number of nitrogens with one attached hydrogen (secondary N) is 1. The summed E-state index contributed by atoms with van der Waals surface area (Å²) in [6, 6.07) is 20.0. The molecule has 0 bridgehead atoms. The zero-order valence-corrected chi connectivity index (χ0v) is 18.4. The first-order valence-electron chi connectivity index (χ1n) is 10.2. The van der Waals surface area contributed by atoms with E-state index in [9.17, 15) is 9.59 Å². The van der Waals surface area contributed by atoms with Crippen LogP contribution in [0.2, 0.25) is 0 Å². The summed E-state index contributed by atoms with van der Waals surface area (Å²) >= 11 is 0. The van der Waals surface area contributed by atoms with Gasteiger partial charge in [0.1, 0.15) is 5.82 Å². The minimum Gasteiger partial charge on any atom is -0.493 e. The second kappa shape index (κ2) is 8.59. The fourth-order valence-corrected chi connectivity index (χ4v) is 3.86. The molecule has 0 fully saturated rings. The highest BCUT2D eigenvalue weighted by Gasteiger charge is 2.20. The highest BCUT2D eigenvalue weighted by molar-refractivity contribution is 6.07. The lowest BCUT2D eigenvalue weighted by atomic mass is 10.0. The Bertz CT molecular complexity index is 1390. The number of nitrogens with zero attached hydrogens (tertiary/aromatic N) is 1. The molecule has 4 aromatic rings. The van der Waals surface area contributed by atoms with E-state index >= 15 is 0 Å². The molecule has 0 aliphatic carbocycles. The van der Waals surface area contributed by atoms with E-state index in [2.05, 4.69) is 5.32 Å². The Hall–Kier alpha value is -4.06. The second-order valence-electron chi connectivity index (χ2n) is 7.52. The number of hydrogen-bond donors (Lipinski definition) is 1. The summed E-state index contributed by atoms with van der Waals surface area (Å²) in [5.41, 5.74) is 3.21. The zero-order valence-electron chi connectivity index (χ0n) is 18.4. The molecule has 162 valence electrons. The van der Waals surface area contributed by atoms with Crippen LogP contribution in [-0.4, -0.2) is 24.7 Å². The number of aryl methyl sites for hydroxylation is 2. The highest BCUT2D eigenvalue weighted by Crippen LogP contribution is 2.31. The Balaban J connectivity index is 1.90. The van der Waals surface area contributed by atoms with Gasteiger partial charge in [-0.2, -0.15) is 0 Å². The van der Waals surface area contributed by atoms with Gasteiger partial charge in [-0.1, -0.05) is 42.0 Å². The molecule has 0 unspecified atom stereocenters. The summed E-state index contributed by atoms with van der Waals surface area (Å²) in [7, 11) is 4.89. The normalized spacial score (nSPS) is 10.8. The monoisotopic (exact) mass is 428 g/mol. The summed E-state index contributed by atoms with van der Waals surface area (Å²) in [4.78, 5) is 26.7. The van der Waals surface area contributed by atoms with Gasteiger partial charge in [0.25, 0.3) is 5.91 Å². The largest absolute Gasteiger partial charge is 0.493 e. The van der Waals surface area contributed by atoms with E-state index in [1.165, 1.54) is 14.2 Å². The second-order valence-corrected chi connectivity index (χ2v) is 7.52. The van der Waals surface area contributed by atoms with Crippen molar-refractivity contribution in [3.05, 3.63) is 88.1 Å². The van der Waals surface area contributed by atoms with Crippen molar-refractivity contribution in [1.29, 1.82) is 0 Å². The lowest BCUT2D eigenvalue weighted by molar-refractivity contribution is 0.102. The van der Waals surface area contributed by atoms with Gasteiger partial charge in [0.2, 0.25) is 0 Å². The Kier molecular flexibility index (Phi) is 5.69. The first-order valence-corrected chi connectivity index (χ1v) is 10.2. The predicted octanol–water partition coefficient (Wildman–Crippen LogP) is 4.78. The first kappa shape index (κ1) is 21.2. The van der Waals surface area contributed by atoms with E-state index in [-0.39, 0.29) is 11.3 Å². The number of aromatic nitrogens is 1.